The predicted octanol–water partition coefficient (Wildman–Crippen LogP) is 4.23. The van der Waals surface area contributed by atoms with Crippen LogP contribution in [-0.2, 0) is 17.4 Å². The number of rotatable bonds is 1. The summed E-state index contributed by atoms with van der Waals surface area (Å²) in [5.41, 5.74) is 1.95. The van der Waals surface area contributed by atoms with Gasteiger partial charge in [0.1, 0.15) is 0 Å². The van der Waals surface area contributed by atoms with Crippen molar-refractivity contribution in [2.45, 2.75) is 19.5 Å². The van der Waals surface area contributed by atoms with Crippen molar-refractivity contribution in [1.29, 1.82) is 0 Å². The highest BCUT2D eigenvalue weighted by atomic mass is 19.4. The molecule has 2 aromatic rings. The van der Waals surface area contributed by atoms with E-state index in [1.165, 1.54) is 17.0 Å². The van der Waals surface area contributed by atoms with E-state index in [1.54, 1.807) is 0 Å². The van der Waals surface area contributed by atoms with E-state index in [1.807, 2.05) is 25.1 Å². The Kier molecular flexibility index (Phi) is 3.01. The highest BCUT2D eigenvalue weighted by molar-refractivity contribution is 6.07. The third kappa shape index (κ3) is 2.39. The van der Waals surface area contributed by atoms with E-state index >= 15 is 0 Å². The monoisotopic (exact) mass is 291 g/mol. The molecule has 3 rings (SSSR count). The Labute approximate surface area is 119 Å². The molecule has 2 nitrogen and oxygen atoms in total. The summed E-state index contributed by atoms with van der Waals surface area (Å²) in [5, 5.41) is 0. The predicted molar refractivity (Wildman–Crippen MR) is 73.5 cm³/mol. The van der Waals surface area contributed by atoms with Gasteiger partial charge in [-0.3, -0.25) is 9.69 Å². The number of fused-ring (bicyclic) bond motifs is 1. The first-order valence-corrected chi connectivity index (χ1v) is 6.46. The lowest BCUT2D eigenvalue weighted by molar-refractivity contribution is -0.137. The second-order valence-electron chi connectivity index (χ2n) is 5.09. The van der Waals surface area contributed by atoms with Crippen LogP contribution >= 0.6 is 0 Å². The van der Waals surface area contributed by atoms with Gasteiger partial charge >= 0.3 is 6.18 Å². The maximum absolute atomic E-state index is 12.8. The van der Waals surface area contributed by atoms with Gasteiger partial charge in [0.15, 0.2) is 0 Å². The molecule has 0 radical (unpaired) electrons. The summed E-state index contributed by atoms with van der Waals surface area (Å²) in [5.74, 6) is -0.213. The summed E-state index contributed by atoms with van der Waals surface area (Å²) >= 11 is 0. The highest BCUT2D eigenvalue weighted by Gasteiger charge is 2.33. The number of carbonyl (C=O) groups is 1. The SMILES string of the molecule is Cc1ccc2c(c1)N(c1cccc(C(F)(F)F)c1)C(=O)C2. The van der Waals surface area contributed by atoms with Crippen molar-refractivity contribution < 1.29 is 18.0 Å². The number of halogens is 3. The van der Waals surface area contributed by atoms with Crippen LogP contribution in [0.5, 0.6) is 0 Å². The average Bonchev–Trinajstić information content (AvgIpc) is 2.73. The van der Waals surface area contributed by atoms with Gasteiger partial charge in [0.2, 0.25) is 5.91 Å². The van der Waals surface area contributed by atoms with Crippen molar-refractivity contribution in [3.05, 3.63) is 59.2 Å². The van der Waals surface area contributed by atoms with Gasteiger partial charge in [0.25, 0.3) is 0 Å². The number of amides is 1. The molecule has 0 fully saturated rings. The maximum Gasteiger partial charge on any atom is 0.416 e. The zero-order valence-electron chi connectivity index (χ0n) is 11.2. The van der Waals surface area contributed by atoms with E-state index in [9.17, 15) is 18.0 Å². The molecule has 2 aromatic carbocycles. The molecule has 0 aliphatic carbocycles. The van der Waals surface area contributed by atoms with Crippen molar-refractivity contribution >= 4 is 17.3 Å². The average molecular weight is 291 g/mol. The van der Waals surface area contributed by atoms with Crippen LogP contribution in [0.1, 0.15) is 16.7 Å². The highest BCUT2D eigenvalue weighted by Crippen LogP contribution is 2.38. The Morgan fingerprint density at radius 2 is 1.86 bits per heavy atom. The quantitative estimate of drug-likeness (QED) is 0.769. The van der Waals surface area contributed by atoms with Gasteiger partial charge in [0, 0.05) is 5.69 Å². The molecule has 0 aromatic heterocycles. The summed E-state index contributed by atoms with van der Waals surface area (Å²) in [6.45, 7) is 1.88. The molecular weight excluding hydrogens is 279 g/mol. The van der Waals surface area contributed by atoms with E-state index < -0.39 is 11.7 Å². The minimum absolute atomic E-state index is 0.213. The molecule has 21 heavy (non-hydrogen) atoms. The number of nitrogens with zero attached hydrogens (tertiary/aromatic N) is 1. The normalized spacial score (nSPS) is 14.5. The van der Waals surface area contributed by atoms with Crippen molar-refractivity contribution in [2.75, 3.05) is 4.90 Å². The fourth-order valence-electron chi connectivity index (χ4n) is 2.51. The molecule has 0 atom stereocenters. The van der Waals surface area contributed by atoms with Crippen molar-refractivity contribution in [3.63, 3.8) is 0 Å². The second kappa shape index (κ2) is 4.62. The van der Waals surface area contributed by atoms with Crippen LogP contribution in [-0.4, -0.2) is 5.91 Å². The largest absolute Gasteiger partial charge is 0.416 e. The van der Waals surface area contributed by atoms with Gasteiger partial charge in [-0.05, 0) is 42.3 Å². The Balaban J connectivity index is 2.10. The van der Waals surface area contributed by atoms with Crippen molar-refractivity contribution in [3.8, 4) is 0 Å². The lowest BCUT2D eigenvalue weighted by Gasteiger charge is -2.19. The van der Waals surface area contributed by atoms with Crippen LogP contribution in [0.25, 0.3) is 0 Å². The topological polar surface area (TPSA) is 20.3 Å². The molecule has 0 saturated heterocycles. The van der Waals surface area contributed by atoms with E-state index in [-0.39, 0.29) is 18.0 Å². The van der Waals surface area contributed by atoms with Crippen molar-refractivity contribution in [2.24, 2.45) is 0 Å². The third-order valence-corrected chi connectivity index (χ3v) is 3.50. The Bertz CT molecular complexity index is 722. The van der Waals surface area contributed by atoms with Crippen LogP contribution < -0.4 is 4.90 Å². The number of benzene rings is 2. The smallest absolute Gasteiger partial charge is 0.280 e. The number of anilines is 2. The number of alkyl halides is 3. The summed E-state index contributed by atoms with van der Waals surface area (Å²) < 4.78 is 38.4. The molecule has 1 aliphatic rings. The van der Waals surface area contributed by atoms with E-state index in [0.29, 0.717) is 5.69 Å². The van der Waals surface area contributed by atoms with E-state index in [0.717, 1.165) is 23.3 Å². The summed E-state index contributed by atoms with van der Waals surface area (Å²) in [7, 11) is 0. The van der Waals surface area contributed by atoms with Crippen LogP contribution in [0.3, 0.4) is 0 Å². The van der Waals surface area contributed by atoms with Gasteiger partial charge < -0.3 is 0 Å². The molecule has 0 bridgehead atoms. The minimum Gasteiger partial charge on any atom is -0.280 e. The van der Waals surface area contributed by atoms with Crippen molar-refractivity contribution in [1.82, 2.24) is 0 Å². The molecule has 0 unspecified atom stereocenters. The van der Waals surface area contributed by atoms with Crippen LogP contribution in [0.4, 0.5) is 24.5 Å². The first-order chi connectivity index (χ1) is 9.86. The molecule has 108 valence electrons. The zero-order valence-corrected chi connectivity index (χ0v) is 11.2. The fraction of sp³-hybridized carbons (Fsp3) is 0.188. The van der Waals surface area contributed by atoms with Gasteiger partial charge in [-0.2, -0.15) is 13.2 Å². The molecular formula is C16H12F3NO. The molecule has 1 amide bonds. The number of hydrogen-bond acceptors (Lipinski definition) is 1. The summed E-state index contributed by atoms with van der Waals surface area (Å²) in [6, 6.07) is 10.4. The van der Waals surface area contributed by atoms with Gasteiger partial charge in [-0.15, -0.1) is 0 Å². The Morgan fingerprint density at radius 1 is 1.10 bits per heavy atom. The Morgan fingerprint density at radius 3 is 2.57 bits per heavy atom. The number of aryl methyl sites for hydroxylation is 1. The molecule has 0 spiro atoms. The number of carbonyl (C=O) groups excluding carboxylic acids is 1. The Hall–Kier alpha value is -2.30. The minimum atomic E-state index is -4.42. The third-order valence-electron chi connectivity index (χ3n) is 3.50. The van der Waals surface area contributed by atoms with Gasteiger partial charge in [-0.25, -0.2) is 0 Å². The first kappa shape index (κ1) is 13.7. The molecule has 0 saturated carbocycles. The fourth-order valence-corrected chi connectivity index (χ4v) is 2.51. The second-order valence-corrected chi connectivity index (χ2v) is 5.09. The van der Waals surface area contributed by atoms with E-state index in [2.05, 4.69) is 0 Å². The van der Waals surface area contributed by atoms with Crippen LogP contribution in [0, 0.1) is 6.92 Å². The summed E-state index contributed by atoms with van der Waals surface area (Å²) in [6.07, 6.45) is -4.21. The van der Waals surface area contributed by atoms with Crippen LogP contribution in [0.2, 0.25) is 0 Å². The summed E-state index contributed by atoms with van der Waals surface area (Å²) in [4.78, 5) is 13.5. The van der Waals surface area contributed by atoms with Gasteiger partial charge in [0.05, 0.1) is 17.7 Å². The first-order valence-electron chi connectivity index (χ1n) is 6.46. The molecule has 0 N–H and O–H groups in total. The van der Waals surface area contributed by atoms with E-state index in [4.69, 9.17) is 0 Å². The lowest BCUT2D eigenvalue weighted by Crippen LogP contribution is -2.21. The number of hydrogen-bond donors (Lipinski definition) is 0. The van der Waals surface area contributed by atoms with Crippen LogP contribution in [0.15, 0.2) is 42.5 Å². The lowest BCUT2D eigenvalue weighted by atomic mass is 10.1. The van der Waals surface area contributed by atoms with Gasteiger partial charge in [-0.1, -0.05) is 18.2 Å². The molecule has 5 heteroatoms. The molecule has 1 heterocycles. The molecule has 1 aliphatic heterocycles. The standard InChI is InChI=1S/C16H12F3NO/c1-10-5-6-11-8-15(21)20(14(11)7-10)13-4-2-3-12(9-13)16(17,18)19/h2-7,9H,8H2,1H3. The zero-order chi connectivity index (χ0) is 15.2. The maximum atomic E-state index is 12.8.